The Morgan fingerprint density at radius 3 is 2.89 bits per heavy atom. The van der Waals surface area contributed by atoms with Gasteiger partial charge in [0.25, 0.3) is 0 Å². The Kier molecular flexibility index (Phi) is 3.53. The van der Waals surface area contributed by atoms with Crippen LogP contribution in [0.4, 0.5) is 5.13 Å². The largest absolute Gasteiger partial charge is 0.477 e. The molecular weight excluding hydrogens is 276 g/mol. The Morgan fingerprint density at radius 1 is 1.67 bits per heavy atom. The summed E-state index contributed by atoms with van der Waals surface area (Å²) in [7, 11) is 3.67. The molecule has 0 aromatic carbocycles. The summed E-state index contributed by atoms with van der Waals surface area (Å²) in [6.07, 6.45) is 3.65. The molecule has 0 saturated carbocycles. The molecule has 0 aliphatic rings. The maximum absolute atomic E-state index is 10.9. The third kappa shape index (κ3) is 2.62. The van der Waals surface area contributed by atoms with E-state index in [0.717, 1.165) is 16.9 Å². The summed E-state index contributed by atoms with van der Waals surface area (Å²) in [5.74, 6) is -1.06. The lowest BCUT2D eigenvalue weighted by atomic mass is 10.3. The number of halogens is 1. The number of aromatic carboxylic acids is 1. The van der Waals surface area contributed by atoms with Crippen molar-refractivity contribution >= 4 is 34.0 Å². The number of aryl methyl sites for hydroxylation is 1. The Morgan fingerprint density at radius 2 is 2.39 bits per heavy atom. The predicted octanol–water partition coefficient (Wildman–Crippen LogP) is 1.86. The number of thiazole rings is 1. The first-order valence-electron chi connectivity index (χ1n) is 5.05. The van der Waals surface area contributed by atoms with Crippen LogP contribution in [0.5, 0.6) is 0 Å². The van der Waals surface area contributed by atoms with Gasteiger partial charge >= 0.3 is 5.97 Å². The van der Waals surface area contributed by atoms with E-state index in [1.807, 2.05) is 25.2 Å². The molecule has 2 aromatic heterocycles. The second kappa shape index (κ2) is 4.95. The standard InChI is InChI=1S/C10H11ClN4O2S/c1-14(4-6-3-12-15(2)5-6)10-13-8(11)7(18-10)9(16)17/h3,5H,4H2,1-2H3,(H,16,17). The van der Waals surface area contributed by atoms with Gasteiger partial charge in [-0.3, -0.25) is 4.68 Å². The molecule has 0 aliphatic heterocycles. The fourth-order valence-corrected chi connectivity index (χ4v) is 2.56. The highest BCUT2D eigenvalue weighted by Crippen LogP contribution is 2.29. The van der Waals surface area contributed by atoms with Crippen LogP contribution in [-0.4, -0.2) is 32.9 Å². The van der Waals surface area contributed by atoms with Gasteiger partial charge in [-0.05, 0) is 0 Å². The van der Waals surface area contributed by atoms with Gasteiger partial charge in [0.2, 0.25) is 0 Å². The molecule has 0 aliphatic carbocycles. The molecule has 0 bridgehead atoms. The van der Waals surface area contributed by atoms with Crippen molar-refractivity contribution in [3.05, 3.63) is 28.0 Å². The highest BCUT2D eigenvalue weighted by Gasteiger charge is 2.18. The first kappa shape index (κ1) is 12.8. The van der Waals surface area contributed by atoms with Crippen molar-refractivity contribution in [1.29, 1.82) is 0 Å². The maximum Gasteiger partial charge on any atom is 0.349 e. The monoisotopic (exact) mass is 286 g/mol. The van der Waals surface area contributed by atoms with Gasteiger partial charge in [-0.15, -0.1) is 0 Å². The van der Waals surface area contributed by atoms with Crippen molar-refractivity contribution in [1.82, 2.24) is 14.8 Å². The number of carbonyl (C=O) groups is 1. The predicted molar refractivity (Wildman–Crippen MR) is 69.4 cm³/mol. The lowest BCUT2D eigenvalue weighted by Gasteiger charge is -2.13. The number of carboxylic acids is 1. The number of rotatable bonds is 4. The van der Waals surface area contributed by atoms with Gasteiger partial charge in [-0.2, -0.15) is 5.10 Å². The van der Waals surface area contributed by atoms with E-state index in [1.165, 1.54) is 0 Å². The molecule has 0 spiro atoms. The number of nitrogens with zero attached hydrogens (tertiary/aromatic N) is 4. The summed E-state index contributed by atoms with van der Waals surface area (Å²) in [5.41, 5.74) is 1.02. The van der Waals surface area contributed by atoms with Crippen LogP contribution < -0.4 is 4.90 Å². The molecule has 6 nitrogen and oxygen atoms in total. The summed E-state index contributed by atoms with van der Waals surface area (Å²) in [6.45, 7) is 0.594. The van der Waals surface area contributed by atoms with Crippen molar-refractivity contribution in [2.24, 2.45) is 7.05 Å². The number of aromatic nitrogens is 3. The molecule has 0 atom stereocenters. The van der Waals surface area contributed by atoms with Crippen LogP contribution in [-0.2, 0) is 13.6 Å². The number of carboxylic acid groups (broad SMARTS) is 1. The van der Waals surface area contributed by atoms with E-state index in [-0.39, 0.29) is 10.0 Å². The number of hydrogen-bond donors (Lipinski definition) is 1. The Balaban J connectivity index is 2.16. The van der Waals surface area contributed by atoms with Gasteiger partial charge in [0, 0.05) is 32.4 Å². The first-order chi connectivity index (χ1) is 8.47. The smallest absolute Gasteiger partial charge is 0.349 e. The van der Waals surface area contributed by atoms with Crippen LogP contribution in [0.25, 0.3) is 0 Å². The third-order valence-corrected chi connectivity index (χ3v) is 3.82. The molecule has 2 heterocycles. The molecule has 1 N–H and O–H groups in total. The van der Waals surface area contributed by atoms with Crippen molar-refractivity contribution < 1.29 is 9.90 Å². The third-order valence-electron chi connectivity index (χ3n) is 2.27. The van der Waals surface area contributed by atoms with E-state index in [1.54, 1.807) is 10.9 Å². The molecule has 2 aromatic rings. The quantitative estimate of drug-likeness (QED) is 0.929. The van der Waals surface area contributed by atoms with Crippen LogP contribution in [0.15, 0.2) is 12.4 Å². The number of hydrogen-bond acceptors (Lipinski definition) is 5. The van der Waals surface area contributed by atoms with Crippen LogP contribution in [0.1, 0.15) is 15.2 Å². The normalized spacial score (nSPS) is 10.6. The minimum absolute atomic E-state index is 0.0283. The molecule has 8 heteroatoms. The van der Waals surface area contributed by atoms with Gasteiger partial charge < -0.3 is 10.0 Å². The molecule has 18 heavy (non-hydrogen) atoms. The summed E-state index contributed by atoms with van der Waals surface area (Å²) in [4.78, 5) is 16.8. The van der Waals surface area contributed by atoms with E-state index >= 15 is 0 Å². The van der Waals surface area contributed by atoms with E-state index in [4.69, 9.17) is 16.7 Å². The lowest BCUT2D eigenvalue weighted by Crippen LogP contribution is -2.15. The molecule has 0 saturated heterocycles. The fraction of sp³-hybridized carbons (Fsp3) is 0.300. The number of anilines is 1. The van der Waals surface area contributed by atoms with Crippen LogP contribution in [0, 0.1) is 0 Å². The minimum Gasteiger partial charge on any atom is -0.477 e. The van der Waals surface area contributed by atoms with Gasteiger partial charge in [-0.25, -0.2) is 9.78 Å². The zero-order chi connectivity index (χ0) is 13.3. The van der Waals surface area contributed by atoms with Crippen LogP contribution >= 0.6 is 22.9 Å². The van der Waals surface area contributed by atoms with Gasteiger partial charge in [0.1, 0.15) is 0 Å². The molecular formula is C10H11ClN4O2S. The highest BCUT2D eigenvalue weighted by atomic mass is 35.5. The van der Waals surface area contributed by atoms with Crippen molar-refractivity contribution in [2.45, 2.75) is 6.54 Å². The second-order valence-electron chi connectivity index (χ2n) is 3.80. The molecule has 0 radical (unpaired) electrons. The first-order valence-corrected chi connectivity index (χ1v) is 6.25. The summed E-state index contributed by atoms with van der Waals surface area (Å²) in [6, 6.07) is 0. The SMILES string of the molecule is CN(Cc1cnn(C)c1)c1nc(Cl)c(C(=O)O)s1. The average Bonchev–Trinajstić information content (AvgIpc) is 2.85. The molecule has 0 unspecified atom stereocenters. The zero-order valence-corrected chi connectivity index (χ0v) is 11.4. The van der Waals surface area contributed by atoms with E-state index in [0.29, 0.717) is 11.7 Å². The van der Waals surface area contributed by atoms with Crippen LogP contribution in [0.3, 0.4) is 0 Å². The Hall–Kier alpha value is -1.60. The molecule has 96 valence electrons. The summed E-state index contributed by atoms with van der Waals surface area (Å²) in [5, 5.41) is 13.6. The van der Waals surface area contributed by atoms with E-state index < -0.39 is 5.97 Å². The summed E-state index contributed by atoms with van der Waals surface area (Å²) < 4.78 is 1.71. The molecule has 2 rings (SSSR count). The lowest BCUT2D eigenvalue weighted by molar-refractivity contribution is 0.0702. The second-order valence-corrected chi connectivity index (χ2v) is 5.14. The van der Waals surface area contributed by atoms with Crippen molar-refractivity contribution in [3.63, 3.8) is 0 Å². The summed E-state index contributed by atoms with van der Waals surface area (Å²) >= 11 is 6.82. The Labute approximate surface area is 112 Å². The Bertz CT molecular complexity index is 580. The molecule has 0 amide bonds. The van der Waals surface area contributed by atoms with E-state index in [2.05, 4.69) is 10.1 Å². The van der Waals surface area contributed by atoms with Crippen molar-refractivity contribution in [2.75, 3.05) is 11.9 Å². The zero-order valence-electron chi connectivity index (χ0n) is 9.79. The van der Waals surface area contributed by atoms with Gasteiger partial charge in [-0.1, -0.05) is 22.9 Å². The van der Waals surface area contributed by atoms with Crippen molar-refractivity contribution in [3.8, 4) is 0 Å². The highest BCUT2D eigenvalue weighted by molar-refractivity contribution is 7.18. The van der Waals surface area contributed by atoms with E-state index in [9.17, 15) is 4.79 Å². The fourth-order valence-electron chi connectivity index (χ4n) is 1.48. The van der Waals surface area contributed by atoms with Crippen LogP contribution in [0.2, 0.25) is 5.15 Å². The topological polar surface area (TPSA) is 71.2 Å². The van der Waals surface area contributed by atoms with Gasteiger partial charge in [0.15, 0.2) is 15.2 Å². The molecule has 0 fully saturated rings. The maximum atomic E-state index is 10.9. The average molecular weight is 287 g/mol. The minimum atomic E-state index is -1.06. The van der Waals surface area contributed by atoms with Gasteiger partial charge in [0.05, 0.1) is 6.20 Å².